The first-order chi connectivity index (χ1) is 8.37. The summed E-state index contributed by atoms with van der Waals surface area (Å²) in [6, 6.07) is 4.04. The number of thiophene rings is 1. The van der Waals surface area contributed by atoms with E-state index in [1.165, 1.54) is 12.8 Å². The molecule has 18 heavy (non-hydrogen) atoms. The zero-order valence-electron chi connectivity index (χ0n) is 9.76. The summed E-state index contributed by atoms with van der Waals surface area (Å²) < 4.78 is 5.42. The van der Waals surface area contributed by atoms with Crippen molar-refractivity contribution in [3.63, 3.8) is 0 Å². The Hall–Kier alpha value is -0.910. The van der Waals surface area contributed by atoms with Crippen molar-refractivity contribution in [1.82, 2.24) is 15.5 Å². The summed E-state index contributed by atoms with van der Waals surface area (Å²) in [5.41, 5.74) is 0.430. The maximum Gasteiger partial charge on any atom is 0.230 e. The van der Waals surface area contributed by atoms with Crippen molar-refractivity contribution in [3.8, 4) is 10.7 Å². The molecule has 4 nitrogen and oxygen atoms in total. The van der Waals surface area contributed by atoms with Crippen molar-refractivity contribution >= 4 is 23.7 Å². The van der Waals surface area contributed by atoms with Gasteiger partial charge >= 0.3 is 0 Å². The summed E-state index contributed by atoms with van der Waals surface area (Å²) in [5, 5.41) is 9.53. The highest BCUT2D eigenvalue weighted by atomic mass is 35.5. The number of rotatable bonds is 2. The first-order valence-corrected chi connectivity index (χ1v) is 6.84. The molecule has 0 amide bonds. The predicted molar refractivity (Wildman–Crippen MR) is 72.1 cm³/mol. The lowest BCUT2D eigenvalue weighted by molar-refractivity contribution is 0.364. The molecular formula is C12H14ClN3OS. The average molecular weight is 284 g/mol. The van der Waals surface area contributed by atoms with E-state index in [-0.39, 0.29) is 12.4 Å². The van der Waals surface area contributed by atoms with Crippen LogP contribution in [0.5, 0.6) is 0 Å². The van der Waals surface area contributed by atoms with Crippen LogP contribution in [-0.2, 0) is 0 Å². The molecule has 1 N–H and O–H groups in total. The maximum absolute atomic E-state index is 5.42. The third-order valence-corrected chi connectivity index (χ3v) is 4.81. The van der Waals surface area contributed by atoms with Crippen molar-refractivity contribution in [2.24, 2.45) is 5.41 Å². The molecule has 1 spiro atoms. The molecule has 2 fully saturated rings. The summed E-state index contributed by atoms with van der Waals surface area (Å²) in [5.74, 6) is 2.05. The van der Waals surface area contributed by atoms with E-state index in [2.05, 4.69) is 15.5 Å². The highest BCUT2D eigenvalue weighted by molar-refractivity contribution is 7.13. The van der Waals surface area contributed by atoms with Gasteiger partial charge in [0, 0.05) is 12.5 Å². The van der Waals surface area contributed by atoms with Gasteiger partial charge in [-0.3, -0.25) is 0 Å². The molecule has 0 radical (unpaired) electrons. The Morgan fingerprint density at radius 1 is 1.50 bits per heavy atom. The van der Waals surface area contributed by atoms with E-state index in [0.717, 1.165) is 29.7 Å². The standard InChI is InChI=1S/C12H13N3OS.ClH/c1-2-9(17-5-1)10-14-11(16-15-10)8-6-12(8)3-4-13-7-12;/h1-2,5,8,13H,3-4,6-7H2;1H. The fourth-order valence-electron chi connectivity index (χ4n) is 2.81. The minimum Gasteiger partial charge on any atom is -0.339 e. The Labute approximate surface area is 115 Å². The van der Waals surface area contributed by atoms with Crippen LogP contribution in [-0.4, -0.2) is 23.2 Å². The molecule has 0 bridgehead atoms. The van der Waals surface area contributed by atoms with E-state index in [9.17, 15) is 0 Å². The van der Waals surface area contributed by atoms with Crippen LogP contribution < -0.4 is 5.32 Å². The number of hydrogen-bond acceptors (Lipinski definition) is 5. The Bertz CT molecular complexity index is 533. The van der Waals surface area contributed by atoms with Crippen LogP contribution in [0.2, 0.25) is 0 Å². The van der Waals surface area contributed by atoms with E-state index in [1.807, 2.05) is 17.5 Å². The zero-order valence-corrected chi connectivity index (χ0v) is 11.4. The van der Waals surface area contributed by atoms with Crippen LogP contribution >= 0.6 is 23.7 Å². The topological polar surface area (TPSA) is 51.0 Å². The molecule has 2 aromatic heterocycles. The number of halogens is 1. The molecular weight excluding hydrogens is 270 g/mol. The van der Waals surface area contributed by atoms with Crippen molar-refractivity contribution in [2.45, 2.75) is 18.8 Å². The Morgan fingerprint density at radius 3 is 3.17 bits per heavy atom. The van der Waals surface area contributed by atoms with Crippen LogP contribution in [0.4, 0.5) is 0 Å². The van der Waals surface area contributed by atoms with Crippen LogP contribution in [0.25, 0.3) is 10.7 Å². The predicted octanol–water partition coefficient (Wildman–Crippen LogP) is 2.69. The third kappa shape index (κ3) is 1.77. The second-order valence-electron chi connectivity index (χ2n) is 4.98. The number of hydrogen-bond donors (Lipinski definition) is 1. The quantitative estimate of drug-likeness (QED) is 0.921. The maximum atomic E-state index is 5.42. The molecule has 0 aromatic carbocycles. The van der Waals surface area contributed by atoms with Gasteiger partial charge in [0.1, 0.15) is 0 Å². The lowest BCUT2D eigenvalue weighted by Gasteiger charge is -2.02. The van der Waals surface area contributed by atoms with Gasteiger partial charge in [0.15, 0.2) is 0 Å². The Morgan fingerprint density at radius 2 is 2.44 bits per heavy atom. The zero-order chi connectivity index (χ0) is 11.3. The van der Waals surface area contributed by atoms with E-state index in [1.54, 1.807) is 11.3 Å². The van der Waals surface area contributed by atoms with Crippen molar-refractivity contribution in [3.05, 3.63) is 23.4 Å². The van der Waals surface area contributed by atoms with E-state index >= 15 is 0 Å². The van der Waals surface area contributed by atoms with Crippen LogP contribution in [0.3, 0.4) is 0 Å². The Balaban J connectivity index is 0.000001000. The molecule has 1 saturated carbocycles. The number of nitrogens with zero attached hydrogens (tertiary/aromatic N) is 2. The monoisotopic (exact) mass is 283 g/mol. The van der Waals surface area contributed by atoms with Gasteiger partial charge in [-0.1, -0.05) is 11.2 Å². The summed E-state index contributed by atoms with van der Waals surface area (Å²) in [6.45, 7) is 2.23. The van der Waals surface area contributed by atoms with E-state index in [0.29, 0.717) is 11.3 Å². The van der Waals surface area contributed by atoms with Crippen molar-refractivity contribution < 1.29 is 4.52 Å². The van der Waals surface area contributed by atoms with Crippen molar-refractivity contribution in [2.75, 3.05) is 13.1 Å². The van der Waals surface area contributed by atoms with Crippen LogP contribution in [0, 0.1) is 5.41 Å². The summed E-state index contributed by atoms with van der Waals surface area (Å²) in [4.78, 5) is 5.62. The summed E-state index contributed by atoms with van der Waals surface area (Å²) in [6.07, 6.45) is 2.44. The molecule has 4 rings (SSSR count). The minimum atomic E-state index is 0. The highest BCUT2D eigenvalue weighted by Gasteiger charge is 2.58. The van der Waals surface area contributed by atoms with Gasteiger partial charge < -0.3 is 9.84 Å². The first-order valence-electron chi connectivity index (χ1n) is 5.96. The molecule has 1 saturated heterocycles. The van der Waals surface area contributed by atoms with Gasteiger partial charge in [0.05, 0.1) is 4.88 Å². The smallest absolute Gasteiger partial charge is 0.230 e. The van der Waals surface area contributed by atoms with Gasteiger partial charge in [-0.05, 0) is 36.2 Å². The van der Waals surface area contributed by atoms with Crippen molar-refractivity contribution in [1.29, 1.82) is 0 Å². The number of aromatic nitrogens is 2. The second kappa shape index (κ2) is 4.33. The van der Waals surface area contributed by atoms with Crippen LogP contribution in [0.1, 0.15) is 24.7 Å². The van der Waals surface area contributed by atoms with Gasteiger partial charge in [0.2, 0.25) is 11.7 Å². The van der Waals surface area contributed by atoms with Gasteiger partial charge in [0.25, 0.3) is 0 Å². The summed E-state index contributed by atoms with van der Waals surface area (Å²) >= 11 is 1.65. The molecule has 2 unspecified atom stereocenters. The van der Waals surface area contributed by atoms with Crippen LogP contribution in [0.15, 0.2) is 22.0 Å². The molecule has 3 heterocycles. The molecule has 2 aliphatic rings. The summed E-state index contributed by atoms with van der Waals surface area (Å²) in [7, 11) is 0. The third-order valence-electron chi connectivity index (χ3n) is 3.95. The van der Waals surface area contributed by atoms with E-state index in [4.69, 9.17) is 4.52 Å². The largest absolute Gasteiger partial charge is 0.339 e. The highest BCUT2D eigenvalue weighted by Crippen LogP contribution is 2.62. The normalized spacial score (nSPS) is 29.4. The Kier molecular flexibility index (Phi) is 2.92. The molecule has 1 aliphatic heterocycles. The molecule has 96 valence electrons. The van der Waals surface area contributed by atoms with Gasteiger partial charge in [-0.15, -0.1) is 23.7 Å². The SMILES string of the molecule is Cl.c1csc(-c2noc(C3CC34CCNC4)n2)c1. The molecule has 6 heteroatoms. The average Bonchev–Trinajstić information content (AvgIpc) is 2.85. The second-order valence-corrected chi connectivity index (χ2v) is 5.93. The molecule has 1 aliphatic carbocycles. The molecule has 2 atom stereocenters. The lowest BCUT2D eigenvalue weighted by atomic mass is 10.0. The fraction of sp³-hybridized carbons (Fsp3) is 0.500. The van der Waals surface area contributed by atoms with Gasteiger partial charge in [-0.2, -0.15) is 4.98 Å². The number of nitrogens with one attached hydrogen (secondary N) is 1. The minimum absolute atomic E-state index is 0. The fourth-order valence-corrected chi connectivity index (χ4v) is 3.46. The first kappa shape index (κ1) is 12.1. The van der Waals surface area contributed by atoms with E-state index < -0.39 is 0 Å². The van der Waals surface area contributed by atoms with Gasteiger partial charge in [-0.25, -0.2) is 0 Å². The lowest BCUT2D eigenvalue weighted by Crippen LogP contribution is -2.10. The molecule has 2 aromatic rings.